The quantitative estimate of drug-likeness (QED) is 0.223. The van der Waals surface area contributed by atoms with E-state index in [0.29, 0.717) is 35.3 Å². The van der Waals surface area contributed by atoms with Crippen LogP contribution in [0.1, 0.15) is 31.4 Å². The van der Waals surface area contributed by atoms with Gasteiger partial charge >= 0.3 is 5.97 Å². The van der Waals surface area contributed by atoms with Gasteiger partial charge in [0.05, 0.1) is 33.7 Å². The molecule has 31 heavy (non-hydrogen) atoms. The summed E-state index contributed by atoms with van der Waals surface area (Å²) in [5.41, 5.74) is 0.466. The molecule has 0 spiro atoms. The molecule has 162 valence electrons. The number of halogens is 2. The van der Waals surface area contributed by atoms with Crippen LogP contribution in [0.15, 0.2) is 41.0 Å². The van der Waals surface area contributed by atoms with Crippen molar-refractivity contribution in [1.29, 1.82) is 0 Å². The van der Waals surface area contributed by atoms with Gasteiger partial charge in [0, 0.05) is 12.1 Å². The number of carbonyl (C=O) groups excluding carboxylic acids is 1. The Bertz CT molecular complexity index is 1100. The molecule has 0 radical (unpaired) electrons. The summed E-state index contributed by atoms with van der Waals surface area (Å²) in [6.45, 7) is 4.68. The summed E-state index contributed by atoms with van der Waals surface area (Å²) in [4.78, 5) is 26.9. The molecule has 0 amide bonds. The van der Waals surface area contributed by atoms with Gasteiger partial charge in [-0.25, -0.2) is 9.79 Å². The molecule has 0 atom stereocenters. The highest BCUT2D eigenvalue weighted by atomic mass is 35.5. The third-order valence-corrected chi connectivity index (χ3v) is 4.71. The molecule has 0 aromatic heterocycles. The molecule has 8 nitrogen and oxygen atoms in total. The van der Waals surface area contributed by atoms with Crippen molar-refractivity contribution in [3.63, 3.8) is 0 Å². The van der Waals surface area contributed by atoms with Crippen LogP contribution in [0.2, 0.25) is 10.0 Å². The van der Waals surface area contributed by atoms with Crippen molar-refractivity contribution >= 4 is 46.8 Å². The molecule has 0 unspecified atom stereocenters. The van der Waals surface area contributed by atoms with E-state index in [1.807, 2.05) is 13.8 Å². The molecule has 0 saturated carbocycles. The first-order valence-corrected chi connectivity index (χ1v) is 10.2. The lowest BCUT2D eigenvalue weighted by Crippen LogP contribution is -2.06. The summed E-state index contributed by atoms with van der Waals surface area (Å²) in [7, 11) is 0. The summed E-state index contributed by atoms with van der Waals surface area (Å²) in [5, 5.41) is 11.5. The number of rotatable bonds is 8. The topological polar surface area (TPSA) is 100 Å². The van der Waals surface area contributed by atoms with Crippen molar-refractivity contribution < 1.29 is 23.9 Å². The normalized spacial score (nSPS) is 14.4. The number of non-ortho nitro benzene ring substituents is 1. The lowest BCUT2D eigenvalue weighted by molar-refractivity contribution is -0.384. The van der Waals surface area contributed by atoms with Crippen LogP contribution >= 0.6 is 23.2 Å². The van der Waals surface area contributed by atoms with Gasteiger partial charge in [0.1, 0.15) is 0 Å². The average Bonchev–Trinajstić information content (AvgIpc) is 3.08. The Morgan fingerprint density at radius 2 is 1.94 bits per heavy atom. The van der Waals surface area contributed by atoms with E-state index in [-0.39, 0.29) is 27.9 Å². The van der Waals surface area contributed by atoms with Gasteiger partial charge in [0.2, 0.25) is 5.90 Å². The average molecular weight is 465 g/mol. The van der Waals surface area contributed by atoms with Gasteiger partial charge in [-0.15, -0.1) is 0 Å². The second kappa shape index (κ2) is 9.80. The van der Waals surface area contributed by atoms with Gasteiger partial charge in [0.25, 0.3) is 5.69 Å². The number of ether oxygens (including phenoxy) is 3. The van der Waals surface area contributed by atoms with Crippen LogP contribution < -0.4 is 9.47 Å². The Hall–Kier alpha value is -3.10. The molecule has 0 saturated heterocycles. The van der Waals surface area contributed by atoms with Crippen LogP contribution in [-0.2, 0) is 9.53 Å². The minimum absolute atomic E-state index is 0.0154. The number of carbonyl (C=O) groups is 1. The molecular formula is C21H18Cl2N2O6. The molecule has 0 aliphatic carbocycles. The zero-order valence-corrected chi connectivity index (χ0v) is 18.2. The van der Waals surface area contributed by atoms with E-state index in [0.717, 1.165) is 6.42 Å². The van der Waals surface area contributed by atoms with Crippen LogP contribution in [0.5, 0.6) is 11.5 Å². The summed E-state index contributed by atoms with van der Waals surface area (Å²) in [5.74, 6) is 0.0172. The Morgan fingerprint density at radius 3 is 2.61 bits per heavy atom. The van der Waals surface area contributed by atoms with Gasteiger partial charge in [-0.2, -0.15) is 0 Å². The van der Waals surface area contributed by atoms with Crippen LogP contribution in [0, 0.1) is 10.1 Å². The van der Waals surface area contributed by atoms with E-state index in [9.17, 15) is 14.9 Å². The first-order valence-electron chi connectivity index (χ1n) is 9.40. The number of esters is 1. The maximum absolute atomic E-state index is 12.3. The minimum Gasteiger partial charge on any atom is -0.490 e. The Labute approximate surface area is 188 Å². The van der Waals surface area contributed by atoms with E-state index in [1.165, 1.54) is 24.3 Å². The third kappa shape index (κ3) is 5.15. The van der Waals surface area contributed by atoms with Crippen molar-refractivity contribution in [3.8, 4) is 11.5 Å². The molecule has 1 aliphatic rings. The van der Waals surface area contributed by atoms with E-state index in [1.54, 1.807) is 12.1 Å². The van der Waals surface area contributed by atoms with Crippen LogP contribution in [0.4, 0.5) is 5.69 Å². The Kier molecular flexibility index (Phi) is 7.14. The van der Waals surface area contributed by atoms with Crippen molar-refractivity contribution in [2.24, 2.45) is 4.99 Å². The van der Waals surface area contributed by atoms with Crippen molar-refractivity contribution in [2.75, 3.05) is 13.2 Å². The number of nitro groups is 1. The lowest BCUT2D eigenvalue weighted by Gasteiger charge is -2.14. The highest BCUT2D eigenvalue weighted by Crippen LogP contribution is 2.38. The fourth-order valence-electron chi connectivity index (χ4n) is 2.75. The smallest absolute Gasteiger partial charge is 0.363 e. The number of cyclic esters (lactones) is 1. The van der Waals surface area contributed by atoms with Crippen LogP contribution in [0.25, 0.3) is 6.08 Å². The summed E-state index contributed by atoms with van der Waals surface area (Å²) in [6.07, 6.45) is 2.27. The molecule has 0 fully saturated rings. The SMILES string of the molecule is CCCOc1c(Cl)cc(/C=C2\N=C(c3cc([N+](=O)[O-])ccc3Cl)OC2=O)cc1OCC. The van der Waals surface area contributed by atoms with Crippen molar-refractivity contribution in [3.05, 3.63) is 67.3 Å². The van der Waals surface area contributed by atoms with Crippen LogP contribution in [0.3, 0.4) is 0 Å². The van der Waals surface area contributed by atoms with Crippen molar-refractivity contribution in [2.45, 2.75) is 20.3 Å². The molecule has 1 aliphatic heterocycles. The van der Waals surface area contributed by atoms with E-state index >= 15 is 0 Å². The van der Waals surface area contributed by atoms with Gasteiger partial charge in [0.15, 0.2) is 17.2 Å². The molecule has 0 N–H and O–H groups in total. The number of hydrogen-bond donors (Lipinski definition) is 0. The zero-order chi connectivity index (χ0) is 22.5. The lowest BCUT2D eigenvalue weighted by atomic mass is 10.1. The third-order valence-electron chi connectivity index (χ3n) is 4.10. The maximum Gasteiger partial charge on any atom is 0.363 e. The highest BCUT2D eigenvalue weighted by molar-refractivity contribution is 6.34. The summed E-state index contributed by atoms with van der Waals surface area (Å²) < 4.78 is 16.5. The molecule has 0 bridgehead atoms. The fourth-order valence-corrected chi connectivity index (χ4v) is 3.22. The highest BCUT2D eigenvalue weighted by Gasteiger charge is 2.27. The van der Waals surface area contributed by atoms with E-state index in [4.69, 9.17) is 37.4 Å². The number of nitrogens with zero attached hydrogens (tertiary/aromatic N) is 2. The standard InChI is InChI=1S/C21H18Cl2N2O6/c1-3-7-30-19-16(23)8-12(10-18(19)29-4-2)9-17-21(26)31-20(24-17)14-11-13(25(27)28)5-6-15(14)22/h5-6,8-11H,3-4,7H2,1-2H3/b17-9-. The minimum atomic E-state index is -0.724. The number of aliphatic imine (C=N–C) groups is 1. The van der Waals surface area contributed by atoms with Crippen molar-refractivity contribution in [1.82, 2.24) is 0 Å². The monoisotopic (exact) mass is 464 g/mol. The molecule has 3 rings (SSSR count). The Morgan fingerprint density at radius 1 is 1.16 bits per heavy atom. The molecule has 10 heteroatoms. The first kappa shape index (κ1) is 22.6. The molecule has 2 aromatic carbocycles. The summed E-state index contributed by atoms with van der Waals surface area (Å²) in [6, 6.07) is 7.08. The molecular weight excluding hydrogens is 447 g/mol. The van der Waals surface area contributed by atoms with Crippen LogP contribution in [-0.4, -0.2) is 30.0 Å². The predicted molar refractivity (Wildman–Crippen MR) is 117 cm³/mol. The number of nitro benzene ring substituents is 1. The first-order chi connectivity index (χ1) is 14.8. The second-order valence-corrected chi connectivity index (χ2v) is 7.18. The molecule has 1 heterocycles. The van der Waals surface area contributed by atoms with Gasteiger partial charge in [-0.1, -0.05) is 30.1 Å². The summed E-state index contributed by atoms with van der Waals surface area (Å²) >= 11 is 12.5. The van der Waals surface area contributed by atoms with E-state index < -0.39 is 10.9 Å². The largest absolute Gasteiger partial charge is 0.490 e. The zero-order valence-electron chi connectivity index (χ0n) is 16.7. The number of hydrogen-bond acceptors (Lipinski definition) is 7. The second-order valence-electron chi connectivity index (χ2n) is 6.37. The van der Waals surface area contributed by atoms with Gasteiger partial charge < -0.3 is 14.2 Å². The van der Waals surface area contributed by atoms with E-state index in [2.05, 4.69) is 4.99 Å². The predicted octanol–water partition coefficient (Wildman–Crippen LogP) is 5.43. The van der Waals surface area contributed by atoms with Gasteiger partial charge in [-0.3, -0.25) is 10.1 Å². The number of benzene rings is 2. The maximum atomic E-state index is 12.3. The fraction of sp³-hybridized carbons (Fsp3) is 0.238. The van der Waals surface area contributed by atoms with Gasteiger partial charge in [-0.05, 0) is 43.2 Å². The Balaban J connectivity index is 1.99. The molecule has 2 aromatic rings.